The first kappa shape index (κ1) is 16.9. The van der Waals surface area contributed by atoms with Gasteiger partial charge < -0.3 is 15.0 Å². The Labute approximate surface area is 149 Å². The Bertz CT molecular complexity index is 961. The van der Waals surface area contributed by atoms with Crippen LogP contribution in [0.25, 0.3) is 11.0 Å². The summed E-state index contributed by atoms with van der Waals surface area (Å²) in [4.78, 5) is 20.1. The van der Waals surface area contributed by atoms with Gasteiger partial charge in [-0.1, -0.05) is 23.9 Å². The molecule has 1 amide bonds. The second-order valence-electron chi connectivity index (χ2n) is 5.33. The number of aromatic amines is 1. The SMILES string of the molecule is COc1ccc2nc(SC(C)C(=O)Nc3ccccc3C#N)[nH]c2c1. The van der Waals surface area contributed by atoms with Gasteiger partial charge in [-0.2, -0.15) is 5.26 Å². The van der Waals surface area contributed by atoms with Crippen LogP contribution < -0.4 is 10.1 Å². The predicted molar refractivity (Wildman–Crippen MR) is 97.8 cm³/mol. The third kappa shape index (κ3) is 3.75. The standard InChI is InChI=1S/C18H16N4O2S/c1-11(17(23)20-14-6-4-3-5-12(14)10-19)25-18-21-15-8-7-13(24-2)9-16(15)22-18/h3-9,11H,1-2H3,(H,20,23)(H,21,22). The van der Waals surface area contributed by atoms with Crippen molar-refractivity contribution >= 4 is 34.4 Å². The van der Waals surface area contributed by atoms with Gasteiger partial charge in [0, 0.05) is 6.07 Å². The molecule has 1 aromatic heterocycles. The zero-order chi connectivity index (χ0) is 17.8. The van der Waals surface area contributed by atoms with Crippen molar-refractivity contribution in [1.82, 2.24) is 9.97 Å². The fraction of sp³-hybridized carbons (Fsp3) is 0.167. The molecule has 1 heterocycles. The quantitative estimate of drug-likeness (QED) is 0.685. The fourth-order valence-electron chi connectivity index (χ4n) is 2.29. The number of hydrogen-bond acceptors (Lipinski definition) is 5. The molecule has 0 saturated heterocycles. The highest BCUT2D eigenvalue weighted by Gasteiger charge is 2.18. The number of anilines is 1. The minimum absolute atomic E-state index is 0.189. The number of nitrogens with one attached hydrogen (secondary N) is 2. The maximum absolute atomic E-state index is 12.4. The van der Waals surface area contributed by atoms with Gasteiger partial charge in [-0.25, -0.2) is 4.98 Å². The van der Waals surface area contributed by atoms with E-state index in [-0.39, 0.29) is 11.2 Å². The maximum Gasteiger partial charge on any atom is 0.237 e. The average Bonchev–Trinajstić information content (AvgIpc) is 3.03. The smallest absolute Gasteiger partial charge is 0.237 e. The van der Waals surface area contributed by atoms with Crippen molar-refractivity contribution in [3.63, 3.8) is 0 Å². The predicted octanol–water partition coefficient (Wildman–Crippen LogP) is 3.56. The molecule has 0 saturated carbocycles. The summed E-state index contributed by atoms with van der Waals surface area (Å²) < 4.78 is 5.19. The van der Waals surface area contributed by atoms with Gasteiger partial charge in [-0.3, -0.25) is 4.79 Å². The van der Waals surface area contributed by atoms with Gasteiger partial charge in [0.1, 0.15) is 11.8 Å². The van der Waals surface area contributed by atoms with E-state index in [0.29, 0.717) is 16.4 Å². The summed E-state index contributed by atoms with van der Waals surface area (Å²) in [6.45, 7) is 1.79. The topological polar surface area (TPSA) is 90.8 Å². The van der Waals surface area contributed by atoms with E-state index in [2.05, 4.69) is 21.4 Å². The van der Waals surface area contributed by atoms with Crippen molar-refractivity contribution in [1.29, 1.82) is 5.26 Å². The average molecular weight is 352 g/mol. The van der Waals surface area contributed by atoms with E-state index in [9.17, 15) is 4.79 Å². The second-order valence-corrected chi connectivity index (χ2v) is 6.66. The van der Waals surface area contributed by atoms with Crippen LogP contribution in [0.15, 0.2) is 47.6 Å². The van der Waals surface area contributed by atoms with Crippen LogP contribution in [0.4, 0.5) is 5.69 Å². The van der Waals surface area contributed by atoms with E-state index in [1.54, 1.807) is 38.3 Å². The van der Waals surface area contributed by atoms with Gasteiger partial charge in [0.15, 0.2) is 5.16 Å². The van der Waals surface area contributed by atoms with Crippen LogP contribution in [0.2, 0.25) is 0 Å². The molecule has 3 rings (SSSR count). The van der Waals surface area contributed by atoms with E-state index in [1.165, 1.54) is 11.8 Å². The molecule has 25 heavy (non-hydrogen) atoms. The number of hydrogen-bond donors (Lipinski definition) is 2. The second kappa shape index (κ2) is 7.28. The number of fused-ring (bicyclic) bond motifs is 1. The van der Waals surface area contributed by atoms with Crippen LogP contribution in [0, 0.1) is 11.3 Å². The van der Waals surface area contributed by atoms with E-state index < -0.39 is 0 Å². The maximum atomic E-state index is 12.4. The highest BCUT2D eigenvalue weighted by atomic mass is 32.2. The molecule has 0 spiro atoms. The molecule has 0 radical (unpaired) electrons. The van der Waals surface area contributed by atoms with Crippen LogP contribution in [0.1, 0.15) is 12.5 Å². The number of ether oxygens (including phenoxy) is 1. The van der Waals surface area contributed by atoms with Gasteiger partial charge in [-0.05, 0) is 31.2 Å². The van der Waals surface area contributed by atoms with Crippen LogP contribution in [0.3, 0.4) is 0 Å². The molecule has 2 N–H and O–H groups in total. The van der Waals surface area contributed by atoms with Crippen LogP contribution in [-0.4, -0.2) is 28.2 Å². The summed E-state index contributed by atoms with van der Waals surface area (Å²) >= 11 is 1.32. The molecule has 0 aliphatic heterocycles. The molecule has 0 aliphatic rings. The third-order valence-corrected chi connectivity index (χ3v) is 4.61. The number of carbonyl (C=O) groups excluding carboxylic acids is 1. The number of aromatic nitrogens is 2. The van der Waals surface area contributed by atoms with Crippen molar-refractivity contribution in [2.45, 2.75) is 17.3 Å². The Morgan fingerprint density at radius 3 is 2.92 bits per heavy atom. The fourth-order valence-corrected chi connectivity index (χ4v) is 3.11. The Balaban J connectivity index is 1.72. The highest BCUT2D eigenvalue weighted by molar-refractivity contribution is 8.00. The minimum atomic E-state index is -0.380. The number of amides is 1. The molecule has 0 bridgehead atoms. The lowest BCUT2D eigenvalue weighted by Gasteiger charge is -2.11. The van der Waals surface area contributed by atoms with E-state index in [4.69, 9.17) is 10.00 Å². The molecular formula is C18H16N4O2S. The third-order valence-electron chi connectivity index (χ3n) is 3.63. The Morgan fingerprint density at radius 2 is 2.16 bits per heavy atom. The Morgan fingerprint density at radius 1 is 1.36 bits per heavy atom. The highest BCUT2D eigenvalue weighted by Crippen LogP contribution is 2.26. The number of para-hydroxylation sites is 1. The number of nitrogens with zero attached hydrogens (tertiary/aromatic N) is 2. The molecule has 2 aromatic carbocycles. The summed E-state index contributed by atoms with van der Waals surface area (Å²) in [5.74, 6) is 0.553. The van der Waals surface area contributed by atoms with E-state index >= 15 is 0 Å². The number of nitriles is 1. The minimum Gasteiger partial charge on any atom is -0.497 e. The van der Waals surface area contributed by atoms with Gasteiger partial charge in [0.25, 0.3) is 0 Å². The van der Waals surface area contributed by atoms with Crippen molar-refractivity contribution in [3.8, 4) is 11.8 Å². The number of methoxy groups -OCH3 is 1. The lowest BCUT2D eigenvalue weighted by atomic mass is 10.2. The molecule has 0 fully saturated rings. The lowest BCUT2D eigenvalue weighted by Crippen LogP contribution is -2.23. The first-order chi connectivity index (χ1) is 12.1. The van der Waals surface area contributed by atoms with Crippen LogP contribution >= 0.6 is 11.8 Å². The summed E-state index contributed by atoms with van der Waals surface area (Å²) in [6.07, 6.45) is 0. The lowest BCUT2D eigenvalue weighted by molar-refractivity contribution is -0.115. The molecular weight excluding hydrogens is 336 g/mol. The monoisotopic (exact) mass is 352 g/mol. The number of H-pyrrole nitrogens is 1. The number of imidazole rings is 1. The molecule has 6 nitrogen and oxygen atoms in total. The van der Waals surface area contributed by atoms with Gasteiger partial charge in [-0.15, -0.1) is 0 Å². The zero-order valence-corrected chi connectivity index (χ0v) is 14.6. The summed E-state index contributed by atoms with van der Waals surface area (Å²) in [5, 5.41) is 12.2. The summed E-state index contributed by atoms with van der Waals surface area (Å²) in [7, 11) is 1.61. The van der Waals surface area contributed by atoms with Crippen LogP contribution in [0.5, 0.6) is 5.75 Å². The van der Waals surface area contributed by atoms with E-state index in [1.807, 2.05) is 18.2 Å². The van der Waals surface area contributed by atoms with Gasteiger partial charge >= 0.3 is 0 Å². The molecule has 126 valence electrons. The molecule has 3 aromatic rings. The largest absolute Gasteiger partial charge is 0.497 e. The first-order valence-electron chi connectivity index (χ1n) is 7.61. The van der Waals surface area contributed by atoms with E-state index in [0.717, 1.165) is 16.8 Å². The zero-order valence-electron chi connectivity index (χ0n) is 13.7. The van der Waals surface area contributed by atoms with Gasteiger partial charge in [0.05, 0.1) is 34.6 Å². The first-order valence-corrected chi connectivity index (χ1v) is 8.49. The molecule has 7 heteroatoms. The van der Waals surface area contributed by atoms with Crippen molar-refractivity contribution in [3.05, 3.63) is 48.0 Å². The molecule has 1 atom stereocenters. The number of rotatable bonds is 5. The Hall–Kier alpha value is -2.98. The molecule has 1 unspecified atom stereocenters. The van der Waals surface area contributed by atoms with Gasteiger partial charge in [0.2, 0.25) is 5.91 Å². The molecule has 0 aliphatic carbocycles. The van der Waals surface area contributed by atoms with Crippen molar-refractivity contribution in [2.75, 3.05) is 12.4 Å². The Kier molecular flexibility index (Phi) is 4.91. The van der Waals surface area contributed by atoms with Crippen molar-refractivity contribution in [2.24, 2.45) is 0 Å². The number of carbonyl (C=O) groups is 1. The van der Waals surface area contributed by atoms with Crippen LogP contribution in [-0.2, 0) is 4.79 Å². The van der Waals surface area contributed by atoms with Crippen molar-refractivity contribution < 1.29 is 9.53 Å². The number of benzene rings is 2. The normalized spacial score (nSPS) is 11.7. The summed E-state index contributed by atoms with van der Waals surface area (Å²) in [5.41, 5.74) is 2.61. The number of thioether (sulfide) groups is 1. The summed E-state index contributed by atoms with van der Waals surface area (Å²) in [6, 6.07) is 14.5.